The van der Waals surface area contributed by atoms with Crippen LogP contribution in [0.4, 0.5) is 0 Å². The van der Waals surface area contributed by atoms with Crippen LogP contribution in [0.2, 0.25) is 5.02 Å². The first kappa shape index (κ1) is 15.7. The van der Waals surface area contributed by atoms with Crippen LogP contribution in [0.5, 0.6) is 5.75 Å². The van der Waals surface area contributed by atoms with Crippen molar-refractivity contribution in [1.82, 2.24) is 0 Å². The summed E-state index contributed by atoms with van der Waals surface area (Å²) in [4.78, 5) is 24.7. The molecule has 5 heteroatoms. The van der Waals surface area contributed by atoms with Crippen molar-refractivity contribution in [3.8, 4) is 5.75 Å². The van der Waals surface area contributed by atoms with Gasteiger partial charge in [0.1, 0.15) is 5.75 Å². The highest BCUT2D eigenvalue weighted by atomic mass is 35.5. The maximum absolute atomic E-state index is 12.4. The summed E-state index contributed by atoms with van der Waals surface area (Å²) in [5, 5.41) is 1.42. The van der Waals surface area contributed by atoms with Crippen LogP contribution in [-0.2, 0) is 6.42 Å². The van der Waals surface area contributed by atoms with Gasteiger partial charge in [-0.25, -0.2) is 0 Å². The number of methoxy groups -OCH3 is 1. The summed E-state index contributed by atoms with van der Waals surface area (Å²) in [7, 11) is 1.59. The fraction of sp³-hybridized carbons (Fsp3) is 0.111. The van der Waals surface area contributed by atoms with Gasteiger partial charge in [-0.15, -0.1) is 0 Å². The Kier molecular flexibility index (Phi) is 4.46. The minimum Gasteiger partial charge on any atom is -0.497 e. The van der Waals surface area contributed by atoms with Gasteiger partial charge in [-0.1, -0.05) is 41.1 Å². The van der Waals surface area contributed by atoms with Crippen LogP contribution in [-0.4, -0.2) is 12.9 Å². The number of ether oxygens (including phenoxy) is 1. The van der Waals surface area contributed by atoms with Gasteiger partial charge in [0.05, 0.1) is 12.7 Å². The zero-order valence-corrected chi connectivity index (χ0v) is 13.9. The van der Waals surface area contributed by atoms with E-state index >= 15 is 0 Å². The largest absolute Gasteiger partial charge is 0.497 e. The number of Topliss-reactive ketones (excluding diaryl/α,β-unsaturated/α-hetero) is 1. The second-order valence-electron chi connectivity index (χ2n) is 5.08. The number of rotatable bonds is 4. The van der Waals surface area contributed by atoms with E-state index < -0.39 is 0 Å². The zero-order chi connectivity index (χ0) is 16.4. The number of hydrogen-bond acceptors (Lipinski definition) is 4. The van der Waals surface area contributed by atoms with E-state index in [1.54, 1.807) is 37.4 Å². The van der Waals surface area contributed by atoms with Crippen LogP contribution >= 0.6 is 22.9 Å². The summed E-state index contributed by atoms with van der Waals surface area (Å²) in [5.74, 6) is 0.545. The van der Waals surface area contributed by atoms with Crippen molar-refractivity contribution in [2.24, 2.45) is 0 Å². The van der Waals surface area contributed by atoms with Gasteiger partial charge in [0.2, 0.25) is 4.74 Å². The maximum Gasteiger partial charge on any atom is 0.243 e. The molecule has 0 bridgehead atoms. The highest BCUT2D eigenvalue weighted by Crippen LogP contribution is 2.22. The van der Waals surface area contributed by atoms with Crippen LogP contribution in [0.3, 0.4) is 0 Å². The molecule has 0 amide bonds. The van der Waals surface area contributed by atoms with Gasteiger partial charge in [0.25, 0.3) is 0 Å². The molecule has 0 aliphatic heterocycles. The van der Waals surface area contributed by atoms with Gasteiger partial charge < -0.3 is 4.74 Å². The lowest BCUT2D eigenvalue weighted by Gasteiger charge is -2.04. The predicted molar refractivity (Wildman–Crippen MR) is 94.1 cm³/mol. The molecular formula is C18H13ClO3S. The minimum absolute atomic E-state index is 0.186. The maximum atomic E-state index is 12.4. The van der Waals surface area contributed by atoms with Crippen molar-refractivity contribution in [3.05, 3.63) is 74.2 Å². The molecular weight excluding hydrogens is 332 g/mol. The molecule has 0 saturated carbocycles. The minimum atomic E-state index is -0.238. The van der Waals surface area contributed by atoms with E-state index in [1.807, 2.05) is 18.2 Å². The molecule has 0 radical (unpaired) electrons. The first-order chi connectivity index (χ1) is 11.1. The molecule has 0 spiro atoms. The van der Waals surface area contributed by atoms with Crippen molar-refractivity contribution < 1.29 is 9.53 Å². The molecule has 0 fully saturated rings. The van der Waals surface area contributed by atoms with Gasteiger partial charge in [-0.2, -0.15) is 0 Å². The Morgan fingerprint density at radius 3 is 2.57 bits per heavy atom. The number of carbonyl (C=O) groups is 1. The third-order valence-corrected chi connectivity index (χ3v) is 4.74. The molecule has 1 aromatic heterocycles. The lowest BCUT2D eigenvalue weighted by Crippen LogP contribution is -2.13. The Bertz CT molecular complexity index is 929. The number of ketones is 1. The van der Waals surface area contributed by atoms with Crippen LogP contribution in [0.25, 0.3) is 10.1 Å². The Labute approximate surface area is 142 Å². The third-order valence-electron chi connectivity index (χ3n) is 3.52. The molecule has 23 heavy (non-hydrogen) atoms. The highest BCUT2D eigenvalue weighted by Gasteiger charge is 2.13. The Morgan fingerprint density at radius 1 is 1.13 bits per heavy atom. The van der Waals surface area contributed by atoms with Crippen LogP contribution in [0.1, 0.15) is 15.9 Å². The molecule has 116 valence electrons. The number of halogens is 1. The van der Waals surface area contributed by atoms with Gasteiger partial charge in [0, 0.05) is 16.1 Å². The fourth-order valence-electron chi connectivity index (χ4n) is 2.30. The molecule has 0 aliphatic rings. The van der Waals surface area contributed by atoms with Crippen LogP contribution < -0.4 is 9.48 Å². The van der Waals surface area contributed by atoms with Crippen LogP contribution in [0, 0.1) is 0 Å². The quantitative estimate of drug-likeness (QED) is 0.661. The van der Waals surface area contributed by atoms with E-state index in [9.17, 15) is 9.59 Å². The first-order valence-corrected chi connectivity index (χ1v) is 8.16. The standard InChI is InChI=1S/C18H13ClO3S/c1-22-14-6-2-11(3-7-14)8-16(20)15-9-12-4-5-13(19)10-17(12)23-18(15)21/h2-7,9-10H,8H2,1H3. The van der Waals surface area contributed by atoms with Crippen molar-refractivity contribution in [3.63, 3.8) is 0 Å². The predicted octanol–water partition coefficient (Wildman–Crippen LogP) is 4.35. The van der Waals surface area contributed by atoms with Crippen LogP contribution in [0.15, 0.2) is 53.3 Å². The normalized spacial score (nSPS) is 10.7. The molecule has 3 aromatic rings. The Hall–Kier alpha value is -2.17. The van der Waals surface area contributed by atoms with Crippen molar-refractivity contribution in [2.75, 3.05) is 7.11 Å². The molecule has 1 heterocycles. The van der Waals surface area contributed by atoms with E-state index in [0.717, 1.165) is 32.7 Å². The highest BCUT2D eigenvalue weighted by molar-refractivity contribution is 7.16. The first-order valence-electron chi connectivity index (χ1n) is 6.96. The second-order valence-corrected chi connectivity index (χ2v) is 6.53. The summed E-state index contributed by atoms with van der Waals surface area (Å²) in [6, 6.07) is 14.2. The van der Waals surface area contributed by atoms with Gasteiger partial charge in [-0.3, -0.25) is 9.59 Å². The lowest BCUT2D eigenvalue weighted by atomic mass is 10.0. The smallest absolute Gasteiger partial charge is 0.243 e. The summed E-state index contributed by atoms with van der Waals surface area (Å²) in [6.07, 6.45) is 0.186. The zero-order valence-electron chi connectivity index (χ0n) is 12.3. The molecule has 0 unspecified atom stereocenters. The fourth-order valence-corrected chi connectivity index (χ4v) is 3.45. The lowest BCUT2D eigenvalue weighted by molar-refractivity contribution is 0.0992. The van der Waals surface area contributed by atoms with Crippen molar-refractivity contribution >= 4 is 38.8 Å². The van der Waals surface area contributed by atoms with E-state index in [1.165, 1.54) is 0 Å². The number of hydrogen-bond donors (Lipinski definition) is 0. The van der Waals surface area contributed by atoms with E-state index in [2.05, 4.69) is 0 Å². The molecule has 0 atom stereocenters. The van der Waals surface area contributed by atoms with E-state index in [4.69, 9.17) is 16.3 Å². The Morgan fingerprint density at radius 2 is 1.87 bits per heavy atom. The van der Waals surface area contributed by atoms with Gasteiger partial charge >= 0.3 is 0 Å². The van der Waals surface area contributed by atoms with Gasteiger partial charge in [0.15, 0.2) is 5.78 Å². The Balaban J connectivity index is 1.92. The van der Waals surface area contributed by atoms with Crippen molar-refractivity contribution in [1.29, 1.82) is 0 Å². The molecule has 0 aliphatic carbocycles. The van der Waals surface area contributed by atoms with Crippen molar-refractivity contribution in [2.45, 2.75) is 6.42 Å². The topological polar surface area (TPSA) is 43.4 Å². The number of carbonyl (C=O) groups excluding carboxylic acids is 1. The molecule has 2 aromatic carbocycles. The number of fused-ring (bicyclic) bond motifs is 1. The number of benzene rings is 2. The van der Waals surface area contributed by atoms with E-state index in [0.29, 0.717) is 5.02 Å². The van der Waals surface area contributed by atoms with Gasteiger partial charge in [-0.05, 0) is 41.3 Å². The molecule has 3 nitrogen and oxygen atoms in total. The summed E-state index contributed by atoms with van der Waals surface area (Å²) >= 11 is 6.98. The molecule has 0 N–H and O–H groups in total. The second kappa shape index (κ2) is 6.52. The molecule has 3 rings (SSSR count). The van der Waals surface area contributed by atoms with E-state index in [-0.39, 0.29) is 22.5 Å². The average molecular weight is 345 g/mol. The summed E-state index contributed by atoms with van der Waals surface area (Å²) in [5.41, 5.74) is 1.07. The SMILES string of the molecule is COc1ccc(CC(=O)c2cc3ccc(Cl)cc3sc2=O)cc1. The summed E-state index contributed by atoms with van der Waals surface area (Å²) < 4.78 is 5.64. The third kappa shape index (κ3) is 3.44. The monoisotopic (exact) mass is 344 g/mol. The average Bonchev–Trinajstić information content (AvgIpc) is 2.54. The molecule has 0 saturated heterocycles. The summed E-state index contributed by atoms with van der Waals surface area (Å²) in [6.45, 7) is 0.